The van der Waals surface area contributed by atoms with Crippen LogP contribution in [-0.4, -0.2) is 63.4 Å². The van der Waals surface area contributed by atoms with E-state index in [-0.39, 0.29) is 24.0 Å². The highest BCUT2D eigenvalue weighted by Crippen LogP contribution is 2.22. The van der Waals surface area contributed by atoms with Gasteiger partial charge in [-0.05, 0) is 41.5 Å². The SMILES string of the molecule is CN=C(NCc1ccc(COC2CCOCC2)cc1)N1CCN(c2cccs2)CC1.I. The number of anilines is 1. The normalized spacial score (nSPS) is 18.0. The molecule has 8 heteroatoms. The summed E-state index contributed by atoms with van der Waals surface area (Å²) in [7, 11) is 1.87. The average molecular weight is 557 g/mol. The number of ether oxygens (including phenoxy) is 2. The predicted molar refractivity (Wildman–Crippen MR) is 139 cm³/mol. The fraction of sp³-hybridized carbons (Fsp3) is 0.522. The van der Waals surface area contributed by atoms with Crippen molar-refractivity contribution in [3.8, 4) is 0 Å². The van der Waals surface area contributed by atoms with Crippen LogP contribution in [0.15, 0.2) is 46.8 Å². The molecule has 3 heterocycles. The molecule has 2 fully saturated rings. The summed E-state index contributed by atoms with van der Waals surface area (Å²) in [4.78, 5) is 9.30. The average Bonchev–Trinajstić information content (AvgIpc) is 3.35. The van der Waals surface area contributed by atoms with Gasteiger partial charge in [-0.3, -0.25) is 4.99 Å². The summed E-state index contributed by atoms with van der Waals surface area (Å²) in [5.41, 5.74) is 2.47. The molecular weight excluding hydrogens is 523 g/mol. The largest absolute Gasteiger partial charge is 0.381 e. The van der Waals surface area contributed by atoms with E-state index < -0.39 is 0 Å². The Morgan fingerprint density at radius 3 is 2.45 bits per heavy atom. The Morgan fingerprint density at radius 2 is 1.81 bits per heavy atom. The van der Waals surface area contributed by atoms with Crippen molar-refractivity contribution in [3.63, 3.8) is 0 Å². The van der Waals surface area contributed by atoms with Gasteiger partial charge in [0.1, 0.15) is 0 Å². The van der Waals surface area contributed by atoms with E-state index in [1.54, 1.807) is 0 Å². The van der Waals surface area contributed by atoms with Crippen LogP contribution in [0.25, 0.3) is 0 Å². The first kappa shape index (κ1) is 24.3. The zero-order chi connectivity index (χ0) is 20.6. The lowest BCUT2D eigenvalue weighted by atomic mass is 10.1. The van der Waals surface area contributed by atoms with E-state index in [1.807, 2.05) is 18.4 Å². The van der Waals surface area contributed by atoms with Crippen LogP contribution in [0.3, 0.4) is 0 Å². The summed E-state index contributed by atoms with van der Waals surface area (Å²) in [6, 6.07) is 13.0. The lowest BCUT2D eigenvalue weighted by Crippen LogP contribution is -2.52. The molecule has 0 atom stereocenters. The molecule has 2 aliphatic heterocycles. The van der Waals surface area contributed by atoms with E-state index in [0.717, 1.165) is 64.7 Å². The predicted octanol–water partition coefficient (Wildman–Crippen LogP) is 3.96. The molecule has 0 unspecified atom stereocenters. The van der Waals surface area contributed by atoms with Gasteiger partial charge >= 0.3 is 0 Å². The van der Waals surface area contributed by atoms with Crippen LogP contribution in [0, 0.1) is 0 Å². The number of rotatable bonds is 6. The maximum absolute atomic E-state index is 6.01. The lowest BCUT2D eigenvalue weighted by Gasteiger charge is -2.37. The van der Waals surface area contributed by atoms with Crippen molar-refractivity contribution in [1.29, 1.82) is 0 Å². The van der Waals surface area contributed by atoms with Crippen LogP contribution in [-0.2, 0) is 22.6 Å². The van der Waals surface area contributed by atoms with E-state index in [0.29, 0.717) is 12.7 Å². The molecule has 0 spiro atoms. The number of aliphatic imine (C=N–C) groups is 1. The number of halogens is 1. The van der Waals surface area contributed by atoms with Crippen molar-refractivity contribution >= 4 is 46.3 Å². The molecule has 2 aliphatic rings. The number of benzene rings is 1. The van der Waals surface area contributed by atoms with Gasteiger partial charge in [0, 0.05) is 53.0 Å². The van der Waals surface area contributed by atoms with Gasteiger partial charge < -0.3 is 24.6 Å². The molecule has 0 bridgehead atoms. The molecular formula is C23H33IN4O2S. The van der Waals surface area contributed by atoms with Crippen LogP contribution in [0.1, 0.15) is 24.0 Å². The van der Waals surface area contributed by atoms with Gasteiger partial charge in [0.15, 0.2) is 5.96 Å². The molecule has 4 rings (SSSR count). The van der Waals surface area contributed by atoms with Crippen LogP contribution < -0.4 is 10.2 Å². The smallest absolute Gasteiger partial charge is 0.194 e. The lowest BCUT2D eigenvalue weighted by molar-refractivity contribution is -0.0390. The highest BCUT2D eigenvalue weighted by Gasteiger charge is 2.20. The standard InChI is InChI=1S/C23H32N4O2S.HI/c1-24-23(27-12-10-26(11-13-27)22-3-2-16-30-22)25-17-19-4-6-20(7-5-19)18-29-21-8-14-28-15-9-21;/h2-7,16,21H,8-15,17-18H2,1H3,(H,24,25);1H. The molecule has 6 nitrogen and oxygen atoms in total. The summed E-state index contributed by atoms with van der Waals surface area (Å²) in [5.74, 6) is 0.979. The number of thiophene rings is 1. The highest BCUT2D eigenvalue weighted by atomic mass is 127. The first-order chi connectivity index (χ1) is 14.8. The molecule has 2 aromatic rings. The molecule has 2 saturated heterocycles. The molecule has 1 aromatic carbocycles. The van der Waals surface area contributed by atoms with Crippen molar-refractivity contribution in [3.05, 3.63) is 52.9 Å². The summed E-state index contributed by atoms with van der Waals surface area (Å²) in [5, 5.41) is 7.03. The minimum absolute atomic E-state index is 0. The molecule has 0 aliphatic carbocycles. The molecule has 1 aromatic heterocycles. The Labute approximate surface area is 206 Å². The highest BCUT2D eigenvalue weighted by molar-refractivity contribution is 14.0. The maximum atomic E-state index is 6.01. The van der Waals surface area contributed by atoms with Crippen molar-refractivity contribution in [2.75, 3.05) is 51.3 Å². The fourth-order valence-corrected chi connectivity index (χ4v) is 4.70. The summed E-state index contributed by atoms with van der Waals surface area (Å²) >= 11 is 1.81. The van der Waals surface area contributed by atoms with E-state index >= 15 is 0 Å². The third kappa shape index (κ3) is 7.06. The quantitative estimate of drug-likeness (QED) is 0.332. The summed E-state index contributed by atoms with van der Waals surface area (Å²) < 4.78 is 11.4. The molecule has 1 N–H and O–H groups in total. The van der Waals surface area contributed by atoms with Crippen LogP contribution in [0.5, 0.6) is 0 Å². The van der Waals surface area contributed by atoms with Crippen molar-refractivity contribution in [1.82, 2.24) is 10.2 Å². The maximum Gasteiger partial charge on any atom is 0.194 e. The zero-order valence-corrected chi connectivity index (χ0v) is 21.3. The number of nitrogens with one attached hydrogen (secondary N) is 1. The van der Waals surface area contributed by atoms with Crippen LogP contribution in [0.2, 0.25) is 0 Å². The van der Waals surface area contributed by atoms with E-state index in [1.165, 1.54) is 16.1 Å². The number of nitrogens with zero attached hydrogens (tertiary/aromatic N) is 3. The molecule has 31 heavy (non-hydrogen) atoms. The number of hydrogen-bond donors (Lipinski definition) is 1. The van der Waals surface area contributed by atoms with Gasteiger partial charge in [-0.25, -0.2) is 0 Å². The van der Waals surface area contributed by atoms with Gasteiger partial charge in [0.2, 0.25) is 0 Å². The Balaban J connectivity index is 0.00000272. The van der Waals surface area contributed by atoms with Gasteiger partial charge in [-0.15, -0.1) is 35.3 Å². The second-order valence-corrected chi connectivity index (χ2v) is 8.69. The first-order valence-electron chi connectivity index (χ1n) is 10.8. The second-order valence-electron chi connectivity index (χ2n) is 7.77. The zero-order valence-electron chi connectivity index (χ0n) is 18.2. The Kier molecular flexibility index (Phi) is 9.89. The fourth-order valence-electron chi connectivity index (χ4n) is 3.91. The third-order valence-corrected chi connectivity index (χ3v) is 6.67. The van der Waals surface area contributed by atoms with Gasteiger partial charge in [-0.2, -0.15) is 0 Å². The number of hydrogen-bond acceptors (Lipinski definition) is 5. The van der Waals surface area contributed by atoms with Crippen LogP contribution in [0.4, 0.5) is 5.00 Å². The monoisotopic (exact) mass is 556 g/mol. The Hall–Kier alpha value is -1.36. The minimum Gasteiger partial charge on any atom is -0.381 e. The van der Waals surface area contributed by atoms with Gasteiger partial charge in [0.25, 0.3) is 0 Å². The van der Waals surface area contributed by atoms with Crippen molar-refractivity contribution in [2.24, 2.45) is 4.99 Å². The van der Waals surface area contributed by atoms with Crippen LogP contribution >= 0.6 is 35.3 Å². The van der Waals surface area contributed by atoms with E-state index in [4.69, 9.17) is 9.47 Å². The number of guanidine groups is 1. The third-order valence-electron chi connectivity index (χ3n) is 5.74. The van der Waals surface area contributed by atoms with E-state index in [9.17, 15) is 0 Å². The Bertz CT molecular complexity index is 786. The second kappa shape index (κ2) is 12.6. The molecule has 0 radical (unpaired) electrons. The van der Waals surface area contributed by atoms with Crippen molar-refractivity contribution < 1.29 is 9.47 Å². The molecule has 0 saturated carbocycles. The summed E-state index contributed by atoms with van der Waals surface area (Å²) in [6.45, 7) is 7.12. The molecule has 170 valence electrons. The molecule has 0 amide bonds. The van der Waals surface area contributed by atoms with Gasteiger partial charge in [0.05, 0.1) is 17.7 Å². The van der Waals surface area contributed by atoms with Gasteiger partial charge in [-0.1, -0.05) is 24.3 Å². The number of piperazine rings is 1. The topological polar surface area (TPSA) is 49.3 Å². The first-order valence-corrected chi connectivity index (χ1v) is 11.7. The summed E-state index contributed by atoms with van der Waals surface area (Å²) in [6.07, 6.45) is 2.34. The van der Waals surface area contributed by atoms with E-state index in [2.05, 4.69) is 61.9 Å². The Morgan fingerprint density at radius 1 is 1.10 bits per heavy atom. The van der Waals surface area contributed by atoms with Crippen molar-refractivity contribution in [2.45, 2.75) is 32.1 Å². The minimum atomic E-state index is 0.